The fourth-order valence-electron chi connectivity index (χ4n) is 2.68. The van der Waals surface area contributed by atoms with Crippen molar-refractivity contribution in [2.24, 2.45) is 0 Å². The second-order valence-electron chi connectivity index (χ2n) is 5.42. The molecule has 2 rings (SSSR count). The number of aliphatic hydroxyl groups excluding tert-OH is 1. The van der Waals surface area contributed by atoms with Crippen LogP contribution in [-0.2, 0) is 0 Å². The predicted octanol–water partition coefficient (Wildman–Crippen LogP) is 4.22. The van der Waals surface area contributed by atoms with Crippen LogP contribution in [0, 0.1) is 0 Å². The Morgan fingerprint density at radius 2 is 1.80 bits per heavy atom. The van der Waals surface area contributed by atoms with E-state index < -0.39 is 0 Å². The van der Waals surface area contributed by atoms with Crippen molar-refractivity contribution in [1.82, 2.24) is 0 Å². The highest BCUT2D eigenvalue weighted by molar-refractivity contribution is 5.94. The Kier molecular flexibility index (Phi) is 5.42. The minimum atomic E-state index is -0.178. The molecule has 0 aromatic heterocycles. The fraction of sp³-hybridized carbons (Fsp3) is 0.444. The molecule has 0 saturated heterocycles. The summed E-state index contributed by atoms with van der Waals surface area (Å²) in [6, 6.07) is 15.1. The van der Waals surface area contributed by atoms with E-state index in [2.05, 4.69) is 54.3 Å². The summed E-state index contributed by atoms with van der Waals surface area (Å²) in [5.74, 6) is 0. The van der Waals surface area contributed by atoms with Crippen molar-refractivity contribution in [1.29, 1.82) is 0 Å². The maximum absolute atomic E-state index is 9.32. The lowest BCUT2D eigenvalue weighted by Gasteiger charge is -2.25. The van der Waals surface area contributed by atoms with Gasteiger partial charge in [-0.05, 0) is 44.6 Å². The number of hydrogen-bond acceptors (Lipinski definition) is 2. The molecule has 0 aliphatic heterocycles. The van der Waals surface area contributed by atoms with E-state index in [4.69, 9.17) is 0 Å². The monoisotopic (exact) mass is 271 g/mol. The first-order valence-corrected chi connectivity index (χ1v) is 7.63. The second-order valence-corrected chi connectivity index (χ2v) is 5.42. The van der Waals surface area contributed by atoms with E-state index in [1.165, 1.54) is 16.5 Å². The van der Waals surface area contributed by atoms with Gasteiger partial charge >= 0.3 is 0 Å². The van der Waals surface area contributed by atoms with Crippen LogP contribution >= 0.6 is 0 Å². The first kappa shape index (κ1) is 14.9. The van der Waals surface area contributed by atoms with Crippen LogP contribution in [0.15, 0.2) is 42.5 Å². The normalized spacial score (nSPS) is 12.6. The van der Waals surface area contributed by atoms with Crippen LogP contribution in [0.4, 0.5) is 5.69 Å². The molecule has 1 N–H and O–H groups in total. The average Bonchev–Trinajstić information content (AvgIpc) is 2.47. The van der Waals surface area contributed by atoms with Gasteiger partial charge in [0.1, 0.15) is 0 Å². The van der Waals surface area contributed by atoms with Crippen LogP contribution in [0.1, 0.15) is 33.1 Å². The van der Waals surface area contributed by atoms with Gasteiger partial charge in [-0.2, -0.15) is 0 Å². The van der Waals surface area contributed by atoms with Gasteiger partial charge in [0.25, 0.3) is 0 Å². The third-order valence-corrected chi connectivity index (χ3v) is 3.79. The maximum atomic E-state index is 9.32. The molecule has 0 aliphatic carbocycles. The fourth-order valence-corrected chi connectivity index (χ4v) is 2.68. The van der Waals surface area contributed by atoms with Crippen molar-refractivity contribution in [3.8, 4) is 0 Å². The van der Waals surface area contributed by atoms with Gasteiger partial charge < -0.3 is 10.0 Å². The Hall–Kier alpha value is -1.54. The van der Waals surface area contributed by atoms with Crippen LogP contribution in [0.3, 0.4) is 0 Å². The highest BCUT2D eigenvalue weighted by Gasteiger charge is 2.08. The Morgan fingerprint density at radius 1 is 1.05 bits per heavy atom. The smallest absolute Gasteiger partial charge is 0.0512 e. The van der Waals surface area contributed by atoms with Gasteiger partial charge in [0, 0.05) is 24.2 Å². The summed E-state index contributed by atoms with van der Waals surface area (Å²) in [6.45, 7) is 6.14. The number of nitrogens with zero attached hydrogens (tertiary/aromatic N) is 1. The summed E-state index contributed by atoms with van der Waals surface area (Å²) in [6.07, 6.45) is 2.93. The number of benzene rings is 2. The Labute approximate surface area is 122 Å². The van der Waals surface area contributed by atoms with Crippen LogP contribution in [0.2, 0.25) is 0 Å². The molecule has 2 heteroatoms. The highest BCUT2D eigenvalue weighted by Crippen LogP contribution is 2.26. The number of anilines is 1. The predicted molar refractivity (Wildman–Crippen MR) is 87.4 cm³/mol. The summed E-state index contributed by atoms with van der Waals surface area (Å²) >= 11 is 0. The summed E-state index contributed by atoms with van der Waals surface area (Å²) in [5.41, 5.74) is 1.32. The zero-order valence-corrected chi connectivity index (χ0v) is 12.5. The van der Waals surface area contributed by atoms with Crippen molar-refractivity contribution in [2.75, 3.05) is 18.0 Å². The third-order valence-electron chi connectivity index (χ3n) is 3.79. The van der Waals surface area contributed by atoms with Gasteiger partial charge in [-0.15, -0.1) is 0 Å². The molecule has 2 aromatic carbocycles. The molecule has 108 valence electrons. The second kappa shape index (κ2) is 7.30. The molecule has 2 aromatic rings. The summed E-state index contributed by atoms with van der Waals surface area (Å²) in [5, 5.41) is 11.9. The van der Waals surface area contributed by atoms with Crippen molar-refractivity contribution in [3.05, 3.63) is 42.5 Å². The van der Waals surface area contributed by atoms with Crippen LogP contribution in [0.25, 0.3) is 10.8 Å². The van der Waals surface area contributed by atoms with Gasteiger partial charge in [-0.3, -0.25) is 0 Å². The maximum Gasteiger partial charge on any atom is 0.0512 e. The zero-order valence-electron chi connectivity index (χ0n) is 12.5. The quantitative estimate of drug-likeness (QED) is 0.762. The topological polar surface area (TPSA) is 23.5 Å². The van der Waals surface area contributed by atoms with E-state index in [1.54, 1.807) is 0 Å². The molecule has 0 bridgehead atoms. The van der Waals surface area contributed by atoms with Gasteiger partial charge in [-0.1, -0.05) is 36.4 Å². The highest BCUT2D eigenvalue weighted by atomic mass is 16.3. The minimum absolute atomic E-state index is 0.178. The molecule has 2 nitrogen and oxygen atoms in total. The Bertz CT molecular complexity index is 530. The standard InChI is InChI=1S/C18H25NO/c1-3-19(14-7-6-9-15(2)20)18-13-8-11-16-10-4-5-12-17(16)18/h4-5,8,10-13,15,20H,3,6-7,9,14H2,1-2H3. The average molecular weight is 271 g/mol. The van der Waals surface area contributed by atoms with E-state index in [9.17, 15) is 5.11 Å². The Balaban J connectivity index is 2.09. The molecule has 0 amide bonds. The summed E-state index contributed by atoms with van der Waals surface area (Å²) < 4.78 is 0. The molecule has 0 heterocycles. The van der Waals surface area contributed by atoms with E-state index in [-0.39, 0.29) is 6.10 Å². The number of fused-ring (bicyclic) bond motifs is 1. The lowest BCUT2D eigenvalue weighted by atomic mass is 10.1. The van der Waals surface area contributed by atoms with Crippen molar-refractivity contribution in [3.63, 3.8) is 0 Å². The molecule has 0 aliphatic rings. The van der Waals surface area contributed by atoms with E-state index >= 15 is 0 Å². The molecule has 0 fully saturated rings. The van der Waals surface area contributed by atoms with Gasteiger partial charge in [0.15, 0.2) is 0 Å². The number of unbranched alkanes of at least 4 members (excludes halogenated alkanes) is 1. The van der Waals surface area contributed by atoms with E-state index in [0.717, 1.165) is 32.4 Å². The van der Waals surface area contributed by atoms with Crippen molar-refractivity contribution in [2.45, 2.75) is 39.2 Å². The Morgan fingerprint density at radius 3 is 2.55 bits per heavy atom. The number of aliphatic hydroxyl groups is 1. The molecular formula is C18H25NO. The first-order chi connectivity index (χ1) is 9.72. The first-order valence-electron chi connectivity index (χ1n) is 7.63. The number of rotatable bonds is 7. The van der Waals surface area contributed by atoms with E-state index in [0.29, 0.717) is 0 Å². The molecule has 1 unspecified atom stereocenters. The minimum Gasteiger partial charge on any atom is -0.393 e. The van der Waals surface area contributed by atoms with Gasteiger partial charge in [0.2, 0.25) is 0 Å². The van der Waals surface area contributed by atoms with Gasteiger partial charge in [-0.25, -0.2) is 0 Å². The van der Waals surface area contributed by atoms with Crippen LogP contribution < -0.4 is 4.90 Å². The summed E-state index contributed by atoms with van der Waals surface area (Å²) in [4.78, 5) is 2.43. The van der Waals surface area contributed by atoms with Gasteiger partial charge in [0.05, 0.1) is 6.10 Å². The molecule has 1 atom stereocenters. The van der Waals surface area contributed by atoms with Crippen molar-refractivity contribution >= 4 is 16.5 Å². The molecule has 0 saturated carbocycles. The van der Waals surface area contributed by atoms with Crippen LogP contribution in [-0.4, -0.2) is 24.3 Å². The molecular weight excluding hydrogens is 246 g/mol. The molecule has 0 spiro atoms. The van der Waals surface area contributed by atoms with E-state index in [1.807, 2.05) is 6.92 Å². The largest absolute Gasteiger partial charge is 0.393 e. The number of hydrogen-bond donors (Lipinski definition) is 1. The third kappa shape index (κ3) is 3.73. The summed E-state index contributed by atoms with van der Waals surface area (Å²) in [7, 11) is 0. The molecule has 20 heavy (non-hydrogen) atoms. The lowest BCUT2D eigenvalue weighted by molar-refractivity contribution is 0.181. The van der Waals surface area contributed by atoms with Crippen molar-refractivity contribution < 1.29 is 5.11 Å². The SMILES string of the molecule is CCN(CCCCC(C)O)c1cccc2ccccc12. The molecule has 0 radical (unpaired) electrons. The van der Waals surface area contributed by atoms with Crippen LogP contribution in [0.5, 0.6) is 0 Å². The zero-order chi connectivity index (χ0) is 14.4. The lowest BCUT2D eigenvalue weighted by Crippen LogP contribution is -2.24.